The van der Waals surface area contributed by atoms with Gasteiger partial charge in [0.2, 0.25) is 5.43 Å². The molecule has 3 heteroatoms. The summed E-state index contributed by atoms with van der Waals surface area (Å²) >= 11 is 0. The van der Waals surface area contributed by atoms with Crippen LogP contribution >= 0.6 is 0 Å². The monoisotopic (exact) mass is 227 g/mol. The molecular weight excluding hydrogens is 216 g/mol. The van der Waals surface area contributed by atoms with Crippen LogP contribution in [0.5, 0.6) is 5.75 Å². The van der Waals surface area contributed by atoms with Crippen LogP contribution in [0.1, 0.15) is 18.9 Å². The molecular formula is C10H12CuO2. The van der Waals surface area contributed by atoms with Gasteiger partial charge in [-0.1, -0.05) is 25.5 Å². The molecule has 0 atom stereocenters. The summed E-state index contributed by atoms with van der Waals surface area (Å²) in [6.07, 6.45) is 1.88. The van der Waals surface area contributed by atoms with E-state index in [9.17, 15) is 4.79 Å². The summed E-state index contributed by atoms with van der Waals surface area (Å²) in [5.74, 6) is -0.183. The van der Waals surface area contributed by atoms with E-state index in [4.69, 9.17) is 5.11 Å². The molecule has 1 rings (SSSR count). The molecule has 1 aromatic carbocycles. The molecule has 0 aromatic heterocycles. The molecule has 0 heterocycles. The van der Waals surface area contributed by atoms with Crippen molar-refractivity contribution in [3.05, 3.63) is 40.1 Å². The maximum Gasteiger partial charge on any atom is 0.220 e. The van der Waals surface area contributed by atoms with E-state index in [2.05, 4.69) is 6.92 Å². The van der Waals surface area contributed by atoms with Gasteiger partial charge in [-0.25, -0.2) is 0 Å². The maximum atomic E-state index is 11.1. The van der Waals surface area contributed by atoms with E-state index in [-0.39, 0.29) is 28.2 Å². The summed E-state index contributed by atoms with van der Waals surface area (Å²) in [6, 6.07) is 6.45. The van der Waals surface area contributed by atoms with E-state index in [0.29, 0.717) is 0 Å². The molecule has 0 aliphatic carbocycles. The first-order valence-corrected chi connectivity index (χ1v) is 4.06. The molecule has 0 bridgehead atoms. The van der Waals surface area contributed by atoms with E-state index in [1.807, 2.05) is 6.07 Å². The molecule has 1 aromatic rings. The van der Waals surface area contributed by atoms with Crippen LogP contribution in [0.3, 0.4) is 0 Å². The number of hydrogen-bond acceptors (Lipinski definition) is 2. The van der Waals surface area contributed by atoms with Gasteiger partial charge < -0.3 is 5.11 Å². The normalized spacial score (nSPS) is 9.00. The smallest absolute Gasteiger partial charge is 0.220 e. The van der Waals surface area contributed by atoms with E-state index in [1.54, 1.807) is 6.07 Å². The summed E-state index contributed by atoms with van der Waals surface area (Å²) in [6.45, 7) is 2.05. The number of hydrogen-bond donors (Lipinski definition) is 1. The zero-order valence-electron chi connectivity index (χ0n) is 7.38. The number of rotatable bonds is 2. The molecule has 2 nitrogen and oxygen atoms in total. The second-order valence-corrected chi connectivity index (χ2v) is 2.74. The van der Waals surface area contributed by atoms with E-state index in [1.165, 1.54) is 12.1 Å². The van der Waals surface area contributed by atoms with Crippen molar-refractivity contribution in [1.29, 1.82) is 0 Å². The number of aryl methyl sites for hydroxylation is 1. The van der Waals surface area contributed by atoms with Gasteiger partial charge >= 0.3 is 0 Å². The van der Waals surface area contributed by atoms with Crippen molar-refractivity contribution < 1.29 is 22.2 Å². The van der Waals surface area contributed by atoms with Gasteiger partial charge in [0.25, 0.3) is 0 Å². The van der Waals surface area contributed by atoms with Crippen LogP contribution in [0.25, 0.3) is 0 Å². The van der Waals surface area contributed by atoms with Crippen molar-refractivity contribution in [3.63, 3.8) is 0 Å². The zero-order chi connectivity index (χ0) is 8.97. The maximum absolute atomic E-state index is 11.1. The van der Waals surface area contributed by atoms with Crippen molar-refractivity contribution in [2.45, 2.75) is 19.8 Å². The van der Waals surface area contributed by atoms with Crippen LogP contribution in [-0.4, -0.2) is 5.11 Å². The Balaban J connectivity index is 0.00000144. The average Bonchev–Trinajstić information content (AvgIpc) is 2.16. The fourth-order valence-corrected chi connectivity index (χ4v) is 1.08. The van der Waals surface area contributed by atoms with Gasteiger partial charge in [-0.15, -0.1) is 0 Å². The first-order chi connectivity index (χ1) is 5.74. The van der Waals surface area contributed by atoms with Gasteiger partial charge in [-0.2, -0.15) is 0 Å². The third kappa shape index (κ3) is 3.62. The first-order valence-electron chi connectivity index (χ1n) is 4.06. The van der Waals surface area contributed by atoms with Crippen molar-refractivity contribution >= 4 is 0 Å². The van der Waals surface area contributed by atoms with Crippen LogP contribution in [0, 0.1) is 0 Å². The van der Waals surface area contributed by atoms with Crippen LogP contribution in [0.2, 0.25) is 0 Å². The molecule has 0 aliphatic rings. The van der Waals surface area contributed by atoms with Gasteiger partial charge in [0.1, 0.15) is 0 Å². The molecule has 0 unspecified atom stereocenters. The topological polar surface area (TPSA) is 37.3 Å². The number of aromatic hydroxyl groups is 1. The molecule has 0 aliphatic heterocycles. The zero-order valence-corrected chi connectivity index (χ0v) is 8.32. The Labute approximate surface area is 88.1 Å². The van der Waals surface area contributed by atoms with E-state index >= 15 is 0 Å². The van der Waals surface area contributed by atoms with Crippen molar-refractivity contribution in [1.82, 2.24) is 0 Å². The molecule has 13 heavy (non-hydrogen) atoms. The Morgan fingerprint density at radius 1 is 1.38 bits per heavy atom. The molecule has 75 valence electrons. The van der Waals surface area contributed by atoms with Crippen molar-refractivity contribution in [2.24, 2.45) is 0 Å². The predicted octanol–water partition coefficient (Wildman–Crippen LogP) is 1.70. The summed E-state index contributed by atoms with van der Waals surface area (Å²) in [7, 11) is 0. The van der Waals surface area contributed by atoms with Crippen LogP contribution in [0.15, 0.2) is 29.1 Å². The second kappa shape index (κ2) is 5.79. The second-order valence-electron chi connectivity index (χ2n) is 2.74. The largest absolute Gasteiger partial charge is 0.504 e. The molecule has 0 saturated carbocycles. The van der Waals surface area contributed by atoms with Crippen LogP contribution in [0.4, 0.5) is 0 Å². The van der Waals surface area contributed by atoms with Gasteiger partial charge in [0.05, 0.1) is 0 Å². The Kier molecular flexibility index (Phi) is 5.43. The Morgan fingerprint density at radius 2 is 2.08 bits per heavy atom. The van der Waals surface area contributed by atoms with E-state index in [0.717, 1.165) is 18.4 Å². The summed E-state index contributed by atoms with van der Waals surface area (Å²) in [4.78, 5) is 11.1. The summed E-state index contributed by atoms with van der Waals surface area (Å²) < 4.78 is 0. The van der Waals surface area contributed by atoms with E-state index < -0.39 is 0 Å². The standard InChI is InChI=1S/C10H12O2.Cu/c1-2-4-8-5-3-6-9(11)10(12)7-8;/h3,5-7H,2,4H2,1H3,(H,11,12);. The van der Waals surface area contributed by atoms with Gasteiger partial charge in [0.15, 0.2) is 5.75 Å². The molecule has 1 radical (unpaired) electrons. The predicted molar refractivity (Wildman–Crippen MR) is 48.4 cm³/mol. The quantitative estimate of drug-likeness (QED) is 0.781. The first kappa shape index (κ1) is 12.2. The summed E-state index contributed by atoms with van der Waals surface area (Å²) in [5.41, 5.74) is 0.672. The third-order valence-corrected chi connectivity index (χ3v) is 1.67. The fraction of sp³-hybridized carbons (Fsp3) is 0.300. The van der Waals surface area contributed by atoms with Crippen LogP contribution in [-0.2, 0) is 23.5 Å². The molecule has 0 fully saturated rings. The molecule has 0 spiro atoms. The fourth-order valence-electron chi connectivity index (χ4n) is 1.08. The van der Waals surface area contributed by atoms with Crippen molar-refractivity contribution in [3.8, 4) is 5.75 Å². The minimum Gasteiger partial charge on any atom is -0.504 e. The summed E-state index contributed by atoms with van der Waals surface area (Å²) in [5, 5.41) is 9.06. The Bertz CT molecular complexity index is 323. The minimum atomic E-state index is -0.302. The SMILES string of the molecule is CCCc1cccc(O)c(=O)c1.[Cu]. The Hall–Kier alpha value is -0.791. The van der Waals surface area contributed by atoms with Crippen molar-refractivity contribution in [2.75, 3.05) is 0 Å². The average molecular weight is 228 g/mol. The third-order valence-electron chi connectivity index (χ3n) is 1.67. The van der Waals surface area contributed by atoms with Gasteiger partial charge in [-0.05, 0) is 24.1 Å². The van der Waals surface area contributed by atoms with Gasteiger partial charge in [0, 0.05) is 17.1 Å². The van der Waals surface area contributed by atoms with Crippen LogP contribution < -0.4 is 5.43 Å². The molecule has 0 saturated heterocycles. The molecule has 0 amide bonds. The Morgan fingerprint density at radius 3 is 2.69 bits per heavy atom. The minimum absolute atomic E-state index is 0. The molecule has 1 N–H and O–H groups in total. The van der Waals surface area contributed by atoms with Gasteiger partial charge in [-0.3, -0.25) is 4.79 Å².